The minimum absolute atomic E-state index is 0.0373. The molecule has 1 atom stereocenters. The van der Waals surface area contributed by atoms with Crippen LogP contribution in [-0.2, 0) is 10.0 Å². The number of hydrogen-bond acceptors (Lipinski definition) is 5. The Morgan fingerprint density at radius 2 is 2.13 bits per heavy atom. The Morgan fingerprint density at radius 1 is 1.30 bits per heavy atom. The first-order valence-electron chi connectivity index (χ1n) is 7.44. The average molecular weight is 333 g/mol. The number of aromatic nitrogens is 2. The van der Waals surface area contributed by atoms with Gasteiger partial charge in [-0.2, -0.15) is 4.31 Å². The molecule has 0 radical (unpaired) electrons. The van der Waals surface area contributed by atoms with E-state index in [1.165, 1.54) is 11.4 Å². The second kappa shape index (κ2) is 6.25. The summed E-state index contributed by atoms with van der Waals surface area (Å²) in [5.41, 5.74) is 0.893. The number of rotatable bonds is 4. The predicted octanol–water partition coefficient (Wildman–Crippen LogP) is 1.97. The highest BCUT2D eigenvalue weighted by Crippen LogP contribution is 2.30. The summed E-state index contributed by atoms with van der Waals surface area (Å²) in [4.78, 5) is 8.96. The molecule has 2 aromatic rings. The number of nitrogens with zero attached hydrogens (tertiary/aromatic N) is 3. The van der Waals surface area contributed by atoms with Crippen LogP contribution in [-0.4, -0.2) is 42.9 Å². The summed E-state index contributed by atoms with van der Waals surface area (Å²) in [7, 11) is -2.00. The van der Waals surface area contributed by atoms with E-state index < -0.39 is 10.0 Å². The van der Waals surface area contributed by atoms with Crippen LogP contribution in [0.15, 0.2) is 41.4 Å². The monoisotopic (exact) mass is 333 g/mol. The van der Waals surface area contributed by atoms with Gasteiger partial charge in [0.15, 0.2) is 0 Å². The summed E-state index contributed by atoms with van der Waals surface area (Å²) in [5, 5.41) is 0. The first-order chi connectivity index (χ1) is 11.0. The lowest BCUT2D eigenvalue weighted by Gasteiger charge is -2.17. The minimum atomic E-state index is -3.52. The smallest absolute Gasteiger partial charge is 0.243 e. The minimum Gasteiger partial charge on any atom is -0.497 e. The van der Waals surface area contributed by atoms with Crippen LogP contribution in [0.1, 0.15) is 23.9 Å². The maximum absolute atomic E-state index is 12.8. The van der Waals surface area contributed by atoms with Crippen LogP contribution in [0.5, 0.6) is 5.75 Å². The van der Waals surface area contributed by atoms with E-state index in [2.05, 4.69) is 9.97 Å². The lowest BCUT2D eigenvalue weighted by Crippen LogP contribution is -2.28. The third-order valence-electron chi connectivity index (χ3n) is 4.01. The first kappa shape index (κ1) is 15.9. The molecule has 1 aliphatic heterocycles. The number of methoxy groups -OCH3 is 1. The van der Waals surface area contributed by atoms with Crippen LogP contribution >= 0.6 is 0 Å². The normalized spacial score (nSPS) is 19.0. The van der Waals surface area contributed by atoms with Crippen LogP contribution in [0.25, 0.3) is 0 Å². The van der Waals surface area contributed by atoms with Crippen molar-refractivity contribution >= 4 is 10.0 Å². The molecule has 0 N–H and O–H groups in total. The molecule has 0 spiro atoms. The quantitative estimate of drug-likeness (QED) is 0.855. The molecule has 1 fully saturated rings. The Labute approximate surface area is 136 Å². The van der Waals surface area contributed by atoms with Gasteiger partial charge in [-0.05, 0) is 31.5 Å². The highest BCUT2D eigenvalue weighted by Gasteiger charge is 2.34. The van der Waals surface area contributed by atoms with E-state index in [1.807, 2.05) is 13.0 Å². The number of ether oxygens (including phenoxy) is 1. The van der Waals surface area contributed by atoms with Crippen LogP contribution in [0.4, 0.5) is 0 Å². The molecule has 1 aliphatic rings. The largest absolute Gasteiger partial charge is 0.497 e. The molecule has 7 heteroatoms. The number of benzene rings is 1. The van der Waals surface area contributed by atoms with Crippen molar-refractivity contribution in [2.24, 2.45) is 0 Å². The molecule has 1 aromatic carbocycles. The van der Waals surface area contributed by atoms with Crippen molar-refractivity contribution in [1.29, 1.82) is 0 Å². The van der Waals surface area contributed by atoms with Gasteiger partial charge in [-0.15, -0.1) is 0 Å². The van der Waals surface area contributed by atoms with E-state index in [0.29, 0.717) is 24.7 Å². The van der Waals surface area contributed by atoms with Crippen molar-refractivity contribution in [3.05, 3.63) is 48.0 Å². The van der Waals surface area contributed by atoms with Crippen LogP contribution in [0.2, 0.25) is 0 Å². The van der Waals surface area contributed by atoms with Crippen molar-refractivity contribution < 1.29 is 13.2 Å². The maximum Gasteiger partial charge on any atom is 0.243 e. The summed E-state index contributed by atoms with van der Waals surface area (Å²) in [6.45, 7) is 2.79. The molecule has 0 unspecified atom stereocenters. The summed E-state index contributed by atoms with van der Waals surface area (Å²) in [6.07, 6.45) is 2.45. The summed E-state index contributed by atoms with van der Waals surface area (Å²) in [5.74, 6) is 1.28. The zero-order valence-corrected chi connectivity index (χ0v) is 14.0. The van der Waals surface area contributed by atoms with E-state index >= 15 is 0 Å². The lowest BCUT2D eigenvalue weighted by molar-refractivity contribution is 0.412. The second-order valence-corrected chi connectivity index (χ2v) is 7.52. The Bertz CT molecular complexity index is 808. The van der Waals surface area contributed by atoms with Crippen molar-refractivity contribution in [3.63, 3.8) is 0 Å². The summed E-state index contributed by atoms with van der Waals surface area (Å²) < 4.78 is 32.2. The van der Waals surface area contributed by atoms with Crippen LogP contribution in [0.3, 0.4) is 0 Å². The molecule has 0 amide bonds. The Hall–Kier alpha value is -1.99. The SMILES string of the molecule is COc1cccc(S(=O)(=O)N2CC[C@H](c3nccc(C)n3)C2)c1. The molecule has 2 heterocycles. The topological polar surface area (TPSA) is 72.4 Å². The fourth-order valence-electron chi connectivity index (χ4n) is 2.73. The summed E-state index contributed by atoms with van der Waals surface area (Å²) >= 11 is 0. The molecule has 122 valence electrons. The van der Waals surface area contributed by atoms with Crippen molar-refractivity contribution in [2.45, 2.75) is 24.2 Å². The van der Waals surface area contributed by atoms with Crippen LogP contribution in [0, 0.1) is 6.92 Å². The van der Waals surface area contributed by atoms with Gasteiger partial charge in [-0.1, -0.05) is 6.07 Å². The van der Waals surface area contributed by atoms with E-state index in [0.717, 1.165) is 12.1 Å². The molecular formula is C16H19N3O3S. The van der Waals surface area contributed by atoms with Gasteiger partial charge in [0.1, 0.15) is 11.6 Å². The number of hydrogen-bond donors (Lipinski definition) is 0. The molecule has 23 heavy (non-hydrogen) atoms. The zero-order chi connectivity index (χ0) is 16.4. The van der Waals surface area contributed by atoms with E-state index in [9.17, 15) is 8.42 Å². The molecule has 3 rings (SSSR count). The van der Waals surface area contributed by atoms with Gasteiger partial charge >= 0.3 is 0 Å². The van der Waals surface area contributed by atoms with Gasteiger partial charge in [-0.3, -0.25) is 0 Å². The predicted molar refractivity (Wildman–Crippen MR) is 85.9 cm³/mol. The van der Waals surface area contributed by atoms with Crippen LogP contribution < -0.4 is 4.74 Å². The molecular weight excluding hydrogens is 314 g/mol. The maximum atomic E-state index is 12.8. The molecule has 0 saturated carbocycles. The molecule has 0 aliphatic carbocycles. The Kier molecular flexibility index (Phi) is 4.32. The average Bonchev–Trinajstić information content (AvgIpc) is 3.06. The van der Waals surface area contributed by atoms with Gasteiger partial charge in [-0.25, -0.2) is 18.4 Å². The van der Waals surface area contributed by atoms with E-state index in [4.69, 9.17) is 4.74 Å². The lowest BCUT2D eigenvalue weighted by atomic mass is 10.1. The van der Waals surface area contributed by atoms with E-state index in [-0.39, 0.29) is 10.8 Å². The fraction of sp³-hybridized carbons (Fsp3) is 0.375. The molecule has 0 bridgehead atoms. The second-order valence-electron chi connectivity index (χ2n) is 5.58. The molecule has 1 aromatic heterocycles. The third kappa shape index (κ3) is 3.20. The van der Waals surface area contributed by atoms with Gasteiger partial charge in [0.2, 0.25) is 10.0 Å². The third-order valence-corrected chi connectivity index (χ3v) is 5.87. The number of aryl methyl sites for hydroxylation is 1. The standard InChI is InChI=1S/C16H19N3O3S/c1-12-6-8-17-16(18-12)13-7-9-19(11-13)23(20,21)15-5-3-4-14(10-15)22-2/h3-6,8,10,13H,7,9,11H2,1-2H3/t13-/m0/s1. The highest BCUT2D eigenvalue weighted by molar-refractivity contribution is 7.89. The van der Waals surface area contributed by atoms with Gasteiger partial charge in [0, 0.05) is 37.0 Å². The Balaban J connectivity index is 1.82. The van der Waals surface area contributed by atoms with Gasteiger partial charge in [0.25, 0.3) is 0 Å². The zero-order valence-electron chi connectivity index (χ0n) is 13.1. The first-order valence-corrected chi connectivity index (χ1v) is 8.88. The molecule has 1 saturated heterocycles. The van der Waals surface area contributed by atoms with E-state index in [1.54, 1.807) is 30.5 Å². The van der Waals surface area contributed by atoms with Crippen molar-refractivity contribution in [1.82, 2.24) is 14.3 Å². The highest BCUT2D eigenvalue weighted by atomic mass is 32.2. The van der Waals surface area contributed by atoms with Gasteiger partial charge < -0.3 is 4.74 Å². The van der Waals surface area contributed by atoms with Crippen molar-refractivity contribution in [2.75, 3.05) is 20.2 Å². The fourth-order valence-corrected chi connectivity index (χ4v) is 4.27. The van der Waals surface area contributed by atoms with Gasteiger partial charge in [0.05, 0.1) is 12.0 Å². The number of sulfonamides is 1. The summed E-state index contributed by atoms with van der Waals surface area (Å²) in [6, 6.07) is 8.39. The Morgan fingerprint density at radius 3 is 2.87 bits per heavy atom. The van der Waals surface area contributed by atoms with Crippen molar-refractivity contribution in [3.8, 4) is 5.75 Å². The molecule has 6 nitrogen and oxygen atoms in total.